The topological polar surface area (TPSA) is 67.7 Å². The van der Waals surface area contributed by atoms with E-state index >= 15 is 0 Å². The molecule has 0 unspecified atom stereocenters. The smallest absolute Gasteiger partial charge is 0.274 e. The molecule has 2 aliphatic heterocycles. The van der Waals surface area contributed by atoms with E-state index in [4.69, 9.17) is 4.74 Å². The molecule has 7 nitrogen and oxygen atoms in total. The van der Waals surface area contributed by atoms with Gasteiger partial charge in [0.15, 0.2) is 5.69 Å². The van der Waals surface area contributed by atoms with Crippen molar-refractivity contribution in [2.75, 3.05) is 20.2 Å². The van der Waals surface area contributed by atoms with Gasteiger partial charge in [0, 0.05) is 26.1 Å². The molecule has 2 amide bonds. The third-order valence-electron chi connectivity index (χ3n) is 6.59. The summed E-state index contributed by atoms with van der Waals surface area (Å²) in [5.74, 6) is 0.875. The van der Waals surface area contributed by atoms with E-state index in [1.54, 1.807) is 7.11 Å². The van der Waals surface area contributed by atoms with Gasteiger partial charge in [0.2, 0.25) is 5.91 Å². The van der Waals surface area contributed by atoms with E-state index in [1.807, 2.05) is 56.9 Å². The fourth-order valence-corrected chi connectivity index (χ4v) is 4.72. The molecule has 170 valence electrons. The van der Waals surface area contributed by atoms with E-state index in [-0.39, 0.29) is 11.8 Å². The maximum atomic E-state index is 13.1. The lowest BCUT2D eigenvalue weighted by molar-refractivity contribution is -0.132. The zero-order valence-electron chi connectivity index (χ0n) is 18.9. The second-order valence-corrected chi connectivity index (χ2v) is 8.62. The van der Waals surface area contributed by atoms with Crippen molar-refractivity contribution in [3.8, 4) is 5.75 Å². The van der Waals surface area contributed by atoms with Gasteiger partial charge in [-0.15, -0.1) is 0 Å². The fourth-order valence-electron chi connectivity index (χ4n) is 4.72. The van der Waals surface area contributed by atoms with Crippen LogP contribution < -0.4 is 4.74 Å². The van der Waals surface area contributed by atoms with Gasteiger partial charge in [0.25, 0.3) is 5.91 Å². The molecule has 2 aliphatic rings. The highest BCUT2D eigenvalue weighted by Gasteiger charge is 2.27. The molecule has 7 heteroatoms. The maximum absolute atomic E-state index is 13.1. The van der Waals surface area contributed by atoms with E-state index in [0.29, 0.717) is 51.3 Å². The second-order valence-electron chi connectivity index (χ2n) is 8.62. The van der Waals surface area contributed by atoms with Crippen molar-refractivity contribution in [1.82, 2.24) is 19.6 Å². The number of rotatable bonds is 5. The van der Waals surface area contributed by atoms with Crippen LogP contribution in [0.25, 0.3) is 0 Å². The van der Waals surface area contributed by atoms with Crippen molar-refractivity contribution < 1.29 is 14.3 Å². The van der Waals surface area contributed by atoms with E-state index in [2.05, 4.69) is 17.2 Å². The van der Waals surface area contributed by atoms with Gasteiger partial charge in [0.05, 0.1) is 25.9 Å². The molecule has 0 aliphatic carbocycles. The average Bonchev–Trinajstić information content (AvgIpc) is 3.30. The molecular weight excluding hydrogens is 416 g/mol. The standard InChI is InChI=1S/C26H28N4O3/c1-33-24-9-5-4-7-20(24)10-11-25(31)28-14-15-30-22(18-28)16-23(27-30)26(32)29-13-12-19-6-2-3-8-21(19)17-29/h2-9,16H,10-15,17-18H2,1H3. The Morgan fingerprint density at radius 1 is 0.939 bits per heavy atom. The summed E-state index contributed by atoms with van der Waals surface area (Å²) in [7, 11) is 1.65. The Kier molecular flexibility index (Phi) is 5.86. The van der Waals surface area contributed by atoms with Crippen molar-refractivity contribution >= 4 is 11.8 Å². The molecule has 3 heterocycles. The number of carbonyl (C=O) groups is 2. The zero-order chi connectivity index (χ0) is 22.8. The van der Waals surface area contributed by atoms with Gasteiger partial charge in [-0.3, -0.25) is 14.3 Å². The van der Waals surface area contributed by atoms with Crippen molar-refractivity contribution in [3.05, 3.63) is 82.7 Å². The second kappa shape index (κ2) is 9.10. The number of benzene rings is 2. The molecule has 0 bridgehead atoms. The molecule has 0 saturated heterocycles. The number of aromatic nitrogens is 2. The third kappa shape index (κ3) is 4.35. The van der Waals surface area contributed by atoms with Gasteiger partial charge in [-0.2, -0.15) is 5.10 Å². The third-order valence-corrected chi connectivity index (χ3v) is 6.59. The Bertz CT molecular complexity index is 1190. The van der Waals surface area contributed by atoms with Gasteiger partial charge in [0.1, 0.15) is 5.75 Å². The van der Waals surface area contributed by atoms with Gasteiger partial charge in [-0.25, -0.2) is 0 Å². The molecule has 3 aromatic rings. The lowest BCUT2D eigenvalue weighted by Crippen LogP contribution is -2.38. The number of ether oxygens (including phenoxy) is 1. The highest BCUT2D eigenvalue weighted by Crippen LogP contribution is 2.23. The lowest BCUT2D eigenvalue weighted by Gasteiger charge is -2.28. The molecule has 2 aromatic carbocycles. The Hall–Kier alpha value is -3.61. The minimum absolute atomic E-state index is 0.0412. The lowest BCUT2D eigenvalue weighted by atomic mass is 10.00. The normalized spacial score (nSPS) is 15.1. The molecular formula is C26H28N4O3. The number of aryl methyl sites for hydroxylation is 1. The van der Waals surface area contributed by atoms with Crippen molar-refractivity contribution in [1.29, 1.82) is 0 Å². The largest absolute Gasteiger partial charge is 0.496 e. The minimum atomic E-state index is -0.0412. The average molecular weight is 445 g/mol. The van der Waals surface area contributed by atoms with Crippen LogP contribution in [0.15, 0.2) is 54.6 Å². The monoisotopic (exact) mass is 444 g/mol. The van der Waals surface area contributed by atoms with Crippen LogP contribution >= 0.6 is 0 Å². The van der Waals surface area contributed by atoms with E-state index in [9.17, 15) is 9.59 Å². The number of carbonyl (C=O) groups excluding carboxylic acids is 2. The predicted molar refractivity (Wildman–Crippen MR) is 124 cm³/mol. The first-order valence-corrected chi connectivity index (χ1v) is 11.4. The van der Waals surface area contributed by atoms with Crippen LogP contribution in [-0.4, -0.2) is 51.6 Å². The number of methoxy groups -OCH3 is 1. The summed E-state index contributed by atoms with van der Waals surface area (Å²) in [5, 5.41) is 4.56. The molecule has 0 spiro atoms. The van der Waals surface area contributed by atoms with E-state index in [1.165, 1.54) is 11.1 Å². The number of fused-ring (bicyclic) bond motifs is 2. The summed E-state index contributed by atoms with van der Waals surface area (Å²) in [6, 6.07) is 17.9. The molecule has 0 fully saturated rings. The Labute approximate surface area is 193 Å². The summed E-state index contributed by atoms with van der Waals surface area (Å²) in [4.78, 5) is 29.7. The Balaban J connectivity index is 1.22. The van der Waals surface area contributed by atoms with Crippen LogP contribution in [0.3, 0.4) is 0 Å². The van der Waals surface area contributed by atoms with Crippen molar-refractivity contribution in [2.45, 2.75) is 38.9 Å². The van der Waals surface area contributed by atoms with Gasteiger partial charge >= 0.3 is 0 Å². The van der Waals surface area contributed by atoms with Crippen molar-refractivity contribution in [2.24, 2.45) is 0 Å². The van der Waals surface area contributed by atoms with Gasteiger partial charge < -0.3 is 14.5 Å². The number of amides is 2. The van der Waals surface area contributed by atoms with Crippen LogP contribution in [0.5, 0.6) is 5.75 Å². The van der Waals surface area contributed by atoms with Gasteiger partial charge in [-0.1, -0.05) is 42.5 Å². The Morgan fingerprint density at radius 3 is 2.58 bits per heavy atom. The van der Waals surface area contributed by atoms with Crippen LogP contribution in [0.1, 0.15) is 39.3 Å². The first-order valence-electron chi connectivity index (χ1n) is 11.4. The zero-order valence-corrected chi connectivity index (χ0v) is 18.9. The van der Waals surface area contributed by atoms with E-state index < -0.39 is 0 Å². The van der Waals surface area contributed by atoms with Crippen LogP contribution in [0, 0.1) is 0 Å². The van der Waals surface area contributed by atoms with Crippen LogP contribution in [-0.2, 0) is 37.3 Å². The molecule has 1 aromatic heterocycles. The quantitative estimate of drug-likeness (QED) is 0.607. The number of hydrogen-bond donors (Lipinski definition) is 0. The highest BCUT2D eigenvalue weighted by molar-refractivity contribution is 5.92. The summed E-state index contributed by atoms with van der Waals surface area (Å²) < 4.78 is 7.26. The summed E-state index contributed by atoms with van der Waals surface area (Å²) in [6.45, 7) is 3.00. The highest BCUT2D eigenvalue weighted by atomic mass is 16.5. The molecule has 33 heavy (non-hydrogen) atoms. The maximum Gasteiger partial charge on any atom is 0.274 e. The minimum Gasteiger partial charge on any atom is -0.496 e. The first-order chi connectivity index (χ1) is 16.1. The van der Waals surface area contributed by atoms with Crippen molar-refractivity contribution in [3.63, 3.8) is 0 Å². The van der Waals surface area contributed by atoms with Crippen LogP contribution in [0.2, 0.25) is 0 Å². The molecule has 0 N–H and O–H groups in total. The SMILES string of the molecule is COc1ccccc1CCC(=O)N1CCn2nc(C(=O)N3CCc4ccccc4C3)cc2C1. The summed E-state index contributed by atoms with van der Waals surface area (Å²) >= 11 is 0. The number of nitrogens with zero attached hydrogens (tertiary/aromatic N) is 4. The number of hydrogen-bond acceptors (Lipinski definition) is 4. The first kappa shape index (κ1) is 21.2. The fraction of sp³-hybridized carbons (Fsp3) is 0.346. The Morgan fingerprint density at radius 2 is 1.73 bits per heavy atom. The molecule has 0 atom stereocenters. The van der Waals surface area contributed by atoms with Gasteiger partial charge in [-0.05, 0) is 41.7 Å². The van der Waals surface area contributed by atoms with E-state index in [0.717, 1.165) is 23.4 Å². The van der Waals surface area contributed by atoms with Crippen LogP contribution in [0.4, 0.5) is 0 Å². The molecule has 5 rings (SSSR count). The summed E-state index contributed by atoms with van der Waals surface area (Å²) in [6.07, 6.45) is 1.93. The predicted octanol–water partition coefficient (Wildman–Crippen LogP) is 3.07. The summed E-state index contributed by atoms with van der Waals surface area (Å²) in [5.41, 5.74) is 4.92. The molecule has 0 saturated carbocycles. The molecule has 0 radical (unpaired) electrons. The number of para-hydroxylation sites is 1.